The van der Waals surface area contributed by atoms with Gasteiger partial charge in [0.2, 0.25) is 5.91 Å². The Hall–Kier alpha value is -3.16. The second kappa shape index (κ2) is 7.84. The van der Waals surface area contributed by atoms with Crippen molar-refractivity contribution in [3.63, 3.8) is 0 Å². The fourth-order valence-electron chi connectivity index (χ4n) is 3.79. The van der Waals surface area contributed by atoms with Gasteiger partial charge in [-0.1, -0.05) is 0 Å². The minimum Gasteiger partial charge on any atom is -0.497 e. The Labute approximate surface area is 162 Å². The van der Waals surface area contributed by atoms with E-state index in [0.29, 0.717) is 23.7 Å². The van der Waals surface area contributed by atoms with Gasteiger partial charge in [0.25, 0.3) is 0 Å². The molecule has 1 aliphatic rings. The Balaban J connectivity index is 1.51. The number of hydrogen-bond donors (Lipinski definition) is 1. The van der Waals surface area contributed by atoms with Gasteiger partial charge in [0.05, 0.1) is 26.3 Å². The van der Waals surface area contributed by atoms with Gasteiger partial charge in [-0.25, -0.2) is 9.97 Å². The monoisotopic (exact) mass is 381 g/mol. The summed E-state index contributed by atoms with van der Waals surface area (Å²) in [4.78, 5) is 23.5. The second-order valence-corrected chi connectivity index (χ2v) is 6.90. The number of rotatable bonds is 5. The highest BCUT2D eigenvalue weighted by molar-refractivity contribution is 5.80. The molecule has 0 aliphatic carbocycles. The van der Waals surface area contributed by atoms with Crippen molar-refractivity contribution < 1.29 is 14.3 Å². The Bertz CT molecular complexity index is 987. The highest BCUT2D eigenvalue weighted by Crippen LogP contribution is 2.30. The fraction of sp³-hybridized carbons (Fsp3) is 0.400. The molecule has 1 atom stereocenters. The van der Waals surface area contributed by atoms with Gasteiger partial charge in [0.1, 0.15) is 17.0 Å². The summed E-state index contributed by atoms with van der Waals surface area (Å²) >= 11 is 0. The molecule has 0 radical (unpaired) electrons. The summed E-state index contributed by atoms with van der Waals surface area (Å²) in [6.45, 7) is 1.39. The van der Waals surface area contributed by atoms with Crippen LogP contribution in [0.3, 0.4) is 0 Å². The maximum Gasteiger partial charge on any atom is 0.227 e. The van der Waals surface area contributed by atoms with Crippen LogP contribution < -0.4 is 9.47 Å². The summed E-state index contributed by atoms with van der Waals surface area (Å²) in [5.41, 5.74) is 3.18. The van der Waals surface area contributed by atoms with E-state index in [1.54, 1.807) is 26.6 Å². The third kappa shape index (κ3) is 3.49. The number of nitrogens with zero attached hydrogens (tertiary/aromatic N) is 4. The number of ether oxygens (including phenoxy) is 2. The van der Waals surface area contributed by atoms with Crippen LogP contribution in [-0.4, -0.2) is 58.3 Å². The minimum absolute atomic E-state index is 0.0751. The zero-order valence-corrected chi connectivity index (χ0v) is 16.0. The Kier molecular flexibility index (Phi) is 5.10. The van der Waals surface area contributed by atoms with Crippen molar-refractivity contribution in [3.8, 4) is 11.5 Å². The van der Waals surface area contributed by atoms with E-state index in [9.17, 15) is 4.79 Å². The third-order valence-electron chi connectivity index (χ3n) is 5.23. The van der Waals surface area contributed by atoms with E-state index in [1.165, 1.54) is 0 Å². The largest absolute Gasteiger partial charge is 0.497 e. The second-order valence-electron chi connectivity index (χ2n) is 6.90. The summed E-state index contributed by atoms with van der Waals surface area (Å²) in [6.07, 6.45) is 5.50. The average Bonchev–Trinajstić information content (AvgIpc) is 3.18. The highest BCUT2D eigenvalue weighted by Gasteiger charge is 2.28. The van der Waals surface area contributed by atoms with Crippen LogP contribution in [0.15, 0.2) is 30.6 Å². The normalized spacial score (nSPS) is 16.9. The topological polar surface area (TPSA) is 93.2 Å². The first kappa shape index (κ1) is 18.2. The molecule has 4 rings (SSSR count). The molecule has 146 valence electrons. The first-order chi connectivity index (χ1) is 13.7. The first-order valence-corrected chi connectivity index (χ1v) is 9.33. The smallest absolute Gasteiger partial charge is 0.227 e. The van der Waals surface area contributed by atoms with E-state index in [4.69, 9.17) is 9.47 Å². The van der Waals surface area contributed by atoms with Crippen LogP contribution in [0, 0.1) is 0 Å². The molecule has 3 heterocycles. The lowest BCUT2D eigenvalue weighted by Crippen LogP contribution is -2.40. The number of carbonyl (C=O) groups excluding carboxylic acids is 1. The molecule has 3 aromatic rings. The summed E-state index contributed by atoms with van der Waals surface area (Å²) in [5.74, 6) is 1.65. The summed E-state index contributed by atoms with van der Waals surface area (Å²) in [6, 6.07) is 5.51. The van der Waals surface area contributed by atoms with E-state index < -0.39 is 0 Å². The molecule has 1 fully saturated rings. The lowest BCUT2D eigenvalue weighted by Gasteiger charge is -2.32. The fourth-order valence-corrected chi connectivity index (χ4v) is 3.79. The van der Waals surface area contributed by atoms with Crippen molar-refractivity contribution >= 4 is 17.1 Å². The molecule has 2 aromatic heterocycles. The van der Waals surface area contributed by atoms with Crippen molar-refractivity contribution in [2.45, 2.75) is 25.2 Å². The Morgan fingerprint density at radius 1 is 1.25 bits per heavy atom. The van der Waals surface area contributed by atoms with E-state index in [1.807, 2.05) is 23.1 Å². The predicted octanol–water partition coefficient (Wildman–Crippen LogP) is 2.32. The maximum absolute atomic E-state index is 13.0. The van der Waals surface area contributed by atoms with E-state index in [2.05, 4.69) is 20.2 Å². The Morgan fingerprint density at radius 3 is 2.93 bits per heavy atom. The number of likely N-dealkylation sites (tertiary alicyclic amines) is 1. The SMILES string of the molecule is COc1ccc(OC)c(CC(=O)N2CCC[C@H](c3[nH]nc4nccnc34)C2)c1. The molecule has 8 nitrogen and oxygen atoms in total. The van der Waals surface area contributed by atoms with Crippen molar-refractivity contribution in [2.24, 2.45) is 0 Å². The van der Waals surface area contributed by atoms with Gasteiger partial charge >= 0.3 is 0 Å². The van der Waals surface area contributed by atoms with Crippen LogP contribution in [-0.2, 0) is 11.2 Å². The van der Waals surface area contributed by atoms with Gasteiger partial charge in [-0.3, -0.25) is 9.89 Å². The van der Waals surface area contributed by atoms with Crippen LogP contribution >= 0.6 is 0 Å². The molecular formula is C20H23N5O3. The molecule has 28 heavy (non-hydrogen) atoms. The first-order valence-electron chi connectivity index (χ1n) is 9.33. The summed E-state index contributed by atoms with van der Waals surface area (Å²) in [7, 11) is 3.22. The molecular weight excluding hydrogens is 358 g/mol. The lowest BCUT2D eigenvalue weighted by atomic mass is 9.93. The zero-order chi connectivity index (χ0) is 19.5. The molecule has 0 bridgehead atoms. The molecule has 1 aliphatic heterocycles. The number of nitrogens with one attached hydrogen (secondary N) is 1. The number of fused-ring (bicyclic) bond motifs is 1. The maximum atomic E-state index is 13.0. The highest BCUT2D eigenvalue weighted by atomic mass is 16.5. The number of aromatic nitrogens is 4. The van der Waals surface area contributed by atoms with Crippen LogP contribution in [0.4, 0.5) is 0 Å². The number of hydrogen-bond acceptors (Lipinski definition) is 6. The van der Waals surface area contributed by atoms with Gasteiger partial charge in [-0.15, -0.1) is 0 Å². The van der Waals surface area contributed by atoms with Crippen LogP contribution in [0.25, 0.3) is 11.2 Å². The molecule has 1 aromatic carbocycles. The molecule has 0 unspecified atom stereocenters. The lowest BCUT2D eigenvalue weighted by molar-refractivity contribution is -0.131. The van der Waals surface area contributed by atoms with Gasteiger partial charge in [0, 0.05) is 37.0 Å². The van der Waals surface area contributed by atoms with Gasteiger partial charge in [-0.2, -0.15) is 5.10 Å². The van der Waals surface area contributed by atoms with Gasteiger partial charge in [-0.05, 0) is 31.0 Å². The molecule has 8 heteroatoms. The van der Waals surface area contributed by atoms with E-state index >= 15 is 0 Å². The zero-order valence-electron chi connectivity index (χ0n) is 16.0. The standard InChI is InChI=1S/C20H23N5O3/c1-27-15-5-6-16(28-2)14(10-15)11-17(26)25-9-3-4-13(12-25)18-19-20(24-23-18)22-8-7-21-19/h5-8,10,13H,3-4,9,11-12H2,1-2H3,(H,22,23,24)/t13-/m0/s1. The van der Waals surface area contributed by atoms with Crippen LogP contribution in [0.5, 0.6) is 11.5 Å². The molecule has 1 N–H and O–H groups in total. The van der Waals surface area contributed by atoms with Crippen LogP contribution in [0.2, 0.25) is 0 Å². The number of methoxy groups -OCH3 is 2. The van der Waals surface area contributed by atoms with Crippen molar-refractivity contribution in [1.29, 1.82) is 0 Å². The third-order valence-corrected chi connectivity index (χ3v) is 5.23. The number of H-pyrrole nitrogens is 1. The number of amides is 1. The van der Waals surface area contributed by atoms with Crippen molar-refractivity contribution in [1.82, 2.24) is 25.1 Å². The van der Waals surface area contributed by atoms with Crippen LogP contribution in [0.1, 0.15) is 30.0 Å². The number of piperidine rings is 1. The predicted molar refractivity (Wildman–Crippen MR) is 103 cm³/mol. The molecule has 1 saturated heterocycles. The molecule has 1 amide bonds. The van der Waals surface area contributed by atoms with Gasteiger partial charge in [0.15, 0.2) is 5.65 Å². The van der Waals surface area contributed by atoms with Crippen molar-refractivity contribution in [3.05, 3.63) is 41.9 Å². The quantitative estimate of drug-likeness (QED) is 0.729. The van der Waals surface area contributed by atoms with E-state index in [0.717, 1.165) is 36.2 Å². The van der Waals surface area contributed by atoms with E-state index in [-0.39, 0.29) is 18.2 Å². The average molecular weight is 381 g/mol. The number of carbonyl (C=O) groups is 1. The molecule has 0 spiro atoms. The minimum atomic E-state index is 0.0751. The number of benzene rings is 1. The van der Waals surface area contributed by atoms with Crippen molar-refractivity contribution in [2.75, 3.05) is 27.3 Å². The Morgan fingerprint density at radius 2 is 2.11 bits per heavy atom. The molecule has 0 saturated carbocycles. The summed E-state index contributed by atoms with van der Waals surface area (Å²) < 4.78 is 10.7. The summed E-state index contributed by atoms with van der Waals surface area (Å²) in [5, 5.41) is 7.32. The van der Waals surface area contributed by atoms with Gasteiger partial charge < -0.3 is 14.4 Å². The number of aromatic amines is 1.